The summed E-state index contributed by atoms with van der Waals surface area (Å²) in [6.07, 6.45) is 2.93. The lowest BCUT2D eigenvalue weighted by molar-refractivity contribution is -0.104. The minimum absolute atomic E-state index is 0.176. The zero-order valence-corrected chi connectivity index (χ0v) is 17.8. The number of anilines is 3. The molecule has 10 nitrogen and oxygen atoms in total. The number of alkyl halides is 2. The van der Waals surface area contributed by atoms with Gasteiger partial charge in [0.15, 0.2) is 5.65 Å². The highest BCUT2D eigenvalue weighted by Gasteiger charge is 2.46. The van der Waals surface area contributed by atoms with Crippen LogP contribution in [0.25, 0.3) is 5.65 Å². The SMILES string of the molecule is CNc1cc(Nc2cccn(C3CC(F)(F)C3)c2=O)nc2c(C(=O)N[C@H]3CC[C@@H]3O)cnn12. The summed E-state index contributed by atoms with van der Waals surface area (Å²) < 4.78 is 29.3. The van der Waals surface area contributed by atoms with Crippen LogP contribution in [0, 0.1) is 0 Å². The number of amides is 1. The molecule has 0 unspecified atom stereocenters. The molecule has 4 N–H and O–H groups in total. The maximum atomic E-state index is 13.3. The molecule has 2 aliphatic carbocycles. The van der Waals surface area contributed by atoms with Crippen molar-refractivity contribution < 1.29 is 18.7 Å². The standard InChI is InChI=1S/C21H23F2N7O3/c1-24-17-7-16(26-14-3-2-6-29(20(14)33)11-8-21(22,23)9-11)28-18-12(10-25-30(17)18)19(32)27-13-4-5-15(13)31/h2-3,6-7,10-11,13,15,24,31H,4-5,8-9H2,1H3,(H,26,28)(H,27,32)/t13-,15-/m0/s1. The van der Waals surface area contributed by atoms with E-state index in [4.69, 9.17) is 0 Å². The zero-order valence-electron chi connectivity index (χ0n) is 17.8. The molecule has 0 radical (unpaired) electrons. The molecule has 2 fully saturated rings. The first kappa shape index (κ1) is 21.3. The highest BCUT2D eigenvalue weighted by molar-refractivity contribution is 6.00. The second-order valence-electron chi connectivity index (χ2n) is 8.47. The highest BCUT2D eigenvalue weighted by Crippen LogP contribution is 2.44. The monoisotopic (exact) mass is 459 g/mol. The molecule has 174 valence electrons. The third-order valence-electron chi connectivity index (χ3n) is 6.23. The van der Waals surface area contributed by atoms with Crippen molar-refractivity contribution in [3.63, 3.8) is 0 Å². The zero-order chi connectivity index (χ0) is 23.3. The van der Waals surface area contributed by atoms with E-state index in [1.54, 1.807) is 25.2 Å². The fraction of sp³-hybridized carbons (Fsp3) is 0.429. The minimum Gasteiger partial charge on any atom is -0.391 e. The third kappa shape index (κ3) is 3.80. The number of aliphatic hydroxyl groups is 1. The molecule has 0 bridgehead atoms. The molecule has 2 saturated carbocycles. The number of carbonyl (C=O) groups is 1. The van der Waals surface area contributed by atoms with Crippen LogP contribution in [0.2, 0.25) is 0 Å². The molecular formula is C21H23F2N7O3. The molecule has 5 rings (SSSR count). The van der Waals surface area contributed by atoms with Crippen LogP contribution < -0.4 is 21.5 Å². The molecule has 3 aromatic heterocycles. The fourth-order valence-corrected chi connectivity index (χ4v) is 4.12. The summed E-state index contributed by atoms with van der Waals surface area (Å²) in [5, 5.41) is 22.7. The number of hydrogen-bond acceptors (Lipinski definition) is 7. The predicted molar refractivity (Wildman–Crippen MR) is 116 cm³/mol. The molecular weight excluding hydrogens is 436 g/mol. The van der Waals surface area contributed by atoms with Gasteiger partial charge in [-0.2, -0.15) is 9.61 Å². The highest BCUT2D eigenvalue weighted by atomic mass is 19.3. The normalized spacial score (nSPS) is 21.8. The summed E-state index contributed by atoms with van der Waals surface area (Å²) in [6, 6.07) is 3.91. The second kappa shape index (κ2) is 7.80. The van der Waals surface area contributed by atoms with Crippen LogP contribution in [0.1, 0.15) is 42.1 Å². The number of rotatable bonds is 6. The Balaban J connectivity index is 1.45. The first-order valence-corrected chi connectivity index (χ1v) is 10.7. The van der Waals surface area contributed by atoms with Gasteiger partial charge in [-0.15, -0.1) is 0 Å². The predicted octanol–water partition coefficient (Wildman–Crippen LogP) is 1.90. The summed E-state index contributed by atoms with van der Waals surface area (Å²) >= 11 is 0. The van der Waals surface area contributed by atoms with Crippen LogP contribution in [0.5, 0.6) is 0 Å². The van der Waals surface area contributed by atoms with Crippen LogP contribution in [0.15, 0.2) is 35.4 Å². The Kier molecular flexibility index (Phi) is 5.04. The lowest BCUT2D eigenvalue weighted by atomic mass is 9.88. The summed E-state index contributed by atoms with van der Waals surface area (Å²) in [5.74, 6) is -2.36. The maximum absolute atomic E-state index is 13.3. The van der Waals surface area contributed by atoms with E-state index in [1.807, 2.05) is 0 Å². The van der Waals surface area contributed by atoms with Gasteiger partial charge in [0.05, 0.1) is 18.3 Å². The van der Waals surface area contributed by atoms with Gasteiger partial charge >= 0.3 is 0 Å². The van der Waals surface area contributed by atoms with Crippen molar-refractivity contribution in [2.75, 3.05) is 17.7 Å². The number of aromatic nitrogens is 4. The smallest absolute Gasteiger partial charge is 0.274 e. The van der Waals surface area contributed by atoms with Crippen LogP contribution in [0.4, 0.5) is 26.1 Å². The van der Waals surface area contributed by atoms with Gasteiger partial charge in [-0.1, -0.05) is 0 Å². The van der Waals surface area contributed by atoms with Crippen molar-refractivity contribution in [2.24, 2.45) is 0 Å². The van der Waals surface area contributed by atoms with E-state index in [-0.39, 0.29) is 41.6 Å². The number of carbonyl (C=O) groups excluding carboxylic acids is 1. The van der Waals surface area contributed by atoms with Gasteiger partial charge in [0.2, 0.25) is 0 Å². The number of aliphatic hydroxyl groups excluding tert-OH is 1. The van der Waals surface area contributed by atoms with E-state index in [1.165, 1.54) is 21.5 Å². The van der Waals surface area contributed by atoms with E-state index in [0.29, 0.717) is 18.7 Å². The van der Waals surface area contributed by atoms with Crippen LogP contribution in [0.3, 0.4) is 0 Å². The van der Waals surface area contributed by atoms with E-state index < -0.39 is 29.5 Å². The molecule has 0 saturated heterocycles. The Morgan fingerprint density at radius 2 is 2.09 bits per heavy atom. The number of hydrogen-bond donors (Lipinski definition) is 4. The van der Waals surface area contributed by atoms with E-state index in [2.05, 4.69) is 26.0 Å². The molecule has 0 aliphatic heterocycles. The molecule has 0 spiro atoms. The Hall–Kier alpha value is -3.54. The molecule has 2 atom stereocenters. The van der Waals surface area contributed by atoms with Crippen molar-refractivity contribution in [2.45, 2.75) is 49.8 Å². The molecule has 33 heavy (non-hydrogen) atoms. The lowest BCUT2D eigenvalue weighted by Crippen LogP contribution is -2.50. The molecule has 3 heterocycles. The molecule has 12 heteroatoms. The van der Waals surface area contributed by atoms with Crippen LogP contribution >= 0.6 is 0 Å². The minimum atomic E-state index is -2.74. The first-order valence-electron chi connectivity index (χ1n) is 10.7. The molecule has 2 aliphatic rings. The quantitative estimate of drug-likeness (QED) is 0.444. The van der Waals surface area contributed by atoms with E-state index in [9.17, 15) is 23.5 Å². The molecule has 0 aromatic carbocycles. The van der Waals surface area contributed by atoms with Crippen molar-refractivity contribution in [3.8, 4) is 0 Å². The van der Waals surface area contributed by atoms with Gasteiger partial charge in [-0.25, -0.2) is 13.8 Å². The Morgan fingerprint density at radius 1 is 1.30 bits per heavy atom. The number of pyridine rings is 1. The van der Waals surface area contributed by atoms with E-state index in [0.717, 1.165) is 0 Å². The molecule has 3 aromatic rings. The van der Waals surface area contributed by atoms with E-state index >= 15 is 0 Å². The second-order valence-corrected chi connectivity index (χ2v) is 8.47. The summed E-state index contributed by atoms with van der Waals surface area (Å²) in [6.45, 7) is 0. The van der Waals surface area contributed by atoms with Crippen molar-refractivity contribution in [1.82, 2.24) is 24.5 Å². The summed E-state index contributed by atoms with van der Waals surface area (Å²) in [5.41, 5.74) is 0.216. The van der Waals surface area contributed by atoms with Crippen molar-refractivity contribution >= 4 is 28.9 Å². The Morgan fingerprint density at radius 3 is 2.73 bits per heavy atom. The number of nitrogens with zero attached hydrogens (tertiary/aromatic N) is 4. The van der Waals surface area contributed by atoms with Gasteiger partial charge in [0.25, 0.3) is 17.4 Å². The van der Waals surface area contributed by atoms with Crippen LogP contribution in [-0.4, -0.2) is 55.3 Å². The number of fused-ring (bicyclic) bond motifs is 1. The third-order valence-corrected chi connectivity index (χ3v) is 6.23. The van der Waals surface area contributed by atoms with Gasteiger partial charge in [0.1, 0.15) is 22.9 Å². The van der Waals surface area contributed by atoms with Gasteiger partial charge < -0.3 is 25.6 Å². The number of nitrogens with one attached hydrogen (secondary N) is 3. The summed E-state index contributed by atoms with van der Waals surface area (Å²) in [7, 11) is 1.68. The first-order chi connectivity index (χ1) is 15.8. The molecule has 1 amide bonds. The largest absolute Gasteiger partial charge is 0.391 e. The average molecular weight is 459 g/mol. The van der Waals surface area contributed by atoms with Gasteiger partial charge in [-0.05, 0) is 25.0 Å². The lowest BCUT2D eigenvalue weighted by Gasteiger charge is -2.36. The van der Waals surface area contributed by atoms with Gasteiger partial charge in [0, 0.05) is 38.2 Å². The van der Waals surface area contributed by atoms with Crippen LogP contribution in [-0.2, 0) is 0 Å². The maximum Gasteiger partial charge on any atom is 0.274 e. The number of halogens is 2. The van der Waals surface area contributed by atoms with Crippen molar-refractivity contribution in [1.29, 1.82) is 0 Å². The van der Waals surface area contributed by atoms with Gasteiger partial charge in [-0.3, -0.25) is 9.59 Å². The summed E-state index contributed by atoms with van der Waals surface area (Å²) in [4.78, 5) is 30.1. The fourth-order valence-electron chi connectivity index (χ4n) is 4.12. The Bertz CT molecular complexity index is 1280. The van der Waals surface area contributed by atoms with Crippen molar-refractivity contribution in [3.05, 3.63) is 46.5 Å². The average Bonchev–Trinajstić information content (AvgIpc) is 3.19. The topological polar surface area (TPSA) is 126 Å². The Labute approximate surface area is 186 Å².